The van der Waals surface area contributed by atoms with E-state index >= 15 is 0 Å². The molecule has 0 radical (unpaired) electrons. The zero-order valence-electron chi connectivity index (χ0n) is 10.8. The molecule has 100 valence electrons. The van der Waals surface area contributed by atoms with Crippen molar-refractivity contribution >= 4 is 17.3 Å². The van der Waals surface area contributed by atoms with Gasteiger partial charge >= 0.3 is 0 Å². The van der Waals surface area contributed by atoms with Gasteiger partial charge in [0.05, 0.1) is 5.69 Å². The van der Waals surface area contributed by atoms with Crippen molar-refractivity contribution in [2.24, 2.45) is 0 Å². The maximum absolute atomic E-state index is 13.5. The van der Waals surface area contributed by atoms with Gasteiger partial charge in [-0.1, -0.05) is 12.1 Å². The topological polar surface area (TPSA) is 78.9 Å². The van der Waals surface area contributed by atoms with Crippen LogP contribution in [-0.4, -0.2) is 5.91 Å². The second-order valence-corrected chi connectivity index (χ2v) is 4.25. The van der Waals surface area contributed by atoms with Crippen molar-refractivity contribution in [1.82, 2.24) is 0 Å². The molecule has 0 aromatic heterocycles. The third-order valence-corrected chi connectivity index (χ3v) is 2.99. The Morgan fingerprint density at radius 3 is 2.70 bits per heavy atom. The zero-order chi connectivity index (χ0) is 14.7. The number of hydrogen-bond acceptors (Lipinski definition) is 3. The summed E-state index contributed by atoms with van der Waals surface area (Å²) in [5.41, 5.74) is 7.21. The van der Waals surface area contributed by atoms with Crippen LogP contribution in [-0.2, 0) is 0 Å². The highest BCUT2D eigenvalue weighted by Gasteiger charge is 2.14. The number of carbonyl (C=O) groups excluding carboxylic acids is 1. The quantitative estimate of drug-likeness (QED) is 0.823. The smallest absolute Gasteiger partial charge is 0.256 e. The van der Waals surface area contributed by atoms with Crippen LogP contribution in [0, 0.1) is 24.1 Å². The van der Waals surface area contributed by atoms with Gasteiger partial charge in [-0.15, -0.1) is 0 Å². The van der Waals surface area contributed by atoms with Crippen LogP contribution >= 0.6 is 0 Å². The molecule has 2 aromatic rings. The normalized spacial score (nSPS) is 9.85. The van der Waals surface area contributed by atoms with Crippen LogP contribution in [0.2, 0.25) is 0 Å². The van der Waals surface area contributed by atoms with E-state index < -0.39 is 11.7 Å². The predicted octanol–water partition coefficient (Wildman–Crippen LogP) is 2.84. The van der Waals surface area contributed by atoms with Crippen LogP contribution in [0.4, 0.5) is 15.8 Å². The van der Waals surface area contributed by atoms with Gasteiger partial charge in [-0.25, -0.2) is 4.39 Å². The zero-order valence-corrected chi connectivity index (χ0v) is 10.8. The van der Waals surface area contributed by atoms with Gasteiger partial charge in [0.15, 0.2) is 0 Å². The molecular weight excluding hydrogens is 257 g/mol. The molecule has 0 aliphatic carbocycles. The molecule has 5 heteroatoms. The van der Waals surface area contributed by atoms with E-state index in [0.717, 1.165) is 0 Å². The van der Waals surface area contributed by atoms with Gasteiger partial charge in [0.25, 0.3) is 5.91 Å². The number of halogens is 1. The number of anilines is 2. The molecule has 0 unspecified atom stereocenters. The largest absolute Gasteiger partial charge is 0.398 e. The van der Waals surface area contributed by atoms with Crippen molar-refractivity contribution < 1.29 is 9.18 Å². The van der Waals surface area contributed by atoms with E-state index in [1.165, 1.54) is 18.2 Å². The molecule has 0 saturated carbocycles. The number of nitrogens with one attached hydrogen (secondary N) is 1. The first kappa shape index (κ1) is 13.6. The van der Waals surface area contributed by atoms with Crippen LogP contribution < -0.4 is 11.1 Å². The fourth-order valence-electron chi connectivity index (χ4n) is 1.83. The number of nitriles is 1. The van der Waals surface area contributed by atoms with E-state index in [2.05, 4.69) is 5.32 Å². The van der Waals surface area contributed by atoms with Crippen LogP contribution in [0.3, 0.4) is 0 Å². The number of benzene rings is 2. The summed E-state index contributed by atoms with van der Waals surface area (Å²) in [4.78, 5) is 12.2. The fourth-order valence-corrected chi connectivity index (χ4v) is 1.83. The molecular formula is C15H12FN3O. The molecule has 0 bridgehead atoms. The molecule has 0 aliphatic heterocycles. The molecule has 20 heavy (non-hydrogen) atoms. The SMILES string of the molecule is Cc1c(N)cccc1C(=O)Nc1cccc(F)c1C#N. The summed E-state index contributed by atoms with van der Waals surface area (Å²) in [6, 6.07) is 10.8. The first-order valence-corrected chi connectivity index (χ1v) is 5.89. The third kappa shape index (κ3) is 2.45. The van der Waals surface area contributed by atoms with Crippen LogP contribution in [0.1, 0.15) is 21.5 Å². The van der Waals surface area contributed by atoms with Crippen molar-refractivity contribution in [3.8, 4) is 6.07 Å². The Morgan fingerprint density at radius 1 is 1.30 bits per heavy atom. The fraction of sp³-hybridized carbons (Fsp3) is 0.0667. The van der Waals surface area contributed by atoms with E-state index in [1.54, 1.807) is 31.2 Å². The van der Waals surface area contributed by atoms with E-state index in [0.29, 0.717) is 16.8 Å². The number of amides is 1. The Bertz CT molecular complexity index is 720. The van der Waals surface area contributed by atoms with Crippen molar-refractivity contribution in [3.05, 3.63) is 58.9 Å². The minimum Gasteiger partial charge on any atom is -0.398 e. The Hall–Kier alpha value is -2.87. The second-order valence-electron chi connectivity index (χ2n) is 4.25. The molecule has 2 rings (SSSR count). The summed E-state index contributed by atoms with van der Waals surface area (Å²) in [6.45, 7) is 1.72. The summed E-state index contributed by atoms with van der Waals surface area (Å²) in [7, 11) is 0. The summed E-state index contributed by atoms with van der Waals surface area (Å²) in [5, 5.41) is 11.4. The lowest BCUT2D eigenvalue weighted by atomic mass is 10.1. The predicted molar refractivity (Wildman–Crippen MR) is 74.7 cm³/mol. The van der Waals surface area contributed by atoms with E-state index in [-0.39, 0.29) is 11.3 Å². The van der Waals surface area contributed by atoms with Crippen LogP contribution in [0.15, 0.2) is 36.4 Å². The van der Waals surface area contributed by atoms with E-state index in [1.807, 2.05) is 0 Å². The summed E-state index contributed by atoms with van der Waals surface area (Å²) >= 11 is 0. The monoisotopic (exact) mass is 269 g/mol. The minimum atomic E-state index is -0.672. The molecule has 0 atom stereocenters. The number of nitrogens with two attached hydrogens (primary N) is 1. The Labute approximate surface area is 115 Å². The van der Waals surface area contributed by atoms with Crippen LogP contribution in [0.5, 0.6) is 0 Å². The van der Waals surface area contributed by atoms with Gasteiger partial charge in [0.2, 0.25) is 0 Å². The molecule has 1 amide bonds. The van der Waals surface area contributed by atoms with E-state index in [4.69, 9.17) is 11.0 Å². The first-order valence-electron chi connectivity index (χ1n) is 5.89. The lowest BCUT2D eigenvalue weighted by Crippen LogP contribution is -2.15. The van der Waals surface area contributed by atoms with Gasteiger partial charge in [-0.3, -0.25) is 4.79 Å². The molecule has 4 nitrogen and oxygen atoms in total. The lowest BCUT2D eigenvalue weighted by molar-refractivity contribution is 0.102. The van der Waals surface area contributed by atoms with Gasteiger partial charge in [0.1, 0.15) is 17.4 Å². The number of carbonyl (C=O) groups is 1. The first-order chi connectivity index (χ1) is 9.54. The van der Waals surface area contributed by atoms with E-state index in [9.17, 15) is 9.18 Å². The molecule has 3 N–H and O–H groups in total. The van der Waals surface area contributed by atoms with Crippen molar-refractivity contribution in [2.45, 2.75) is 6.92 Å². The summed E-state index contributed by atoms with van der Waals surface area (Å²) < 4.78 is 13.5. The standard InChI is InChI=1S/C15H12FN3O/c1-9-10(4-2-6-13(9)18)15(20)19-14-7-3-5-12(16)11(14)8-17/h2-7H,18H2,1H3,(H,19,20). The maximum atomic E-state index is 13.5. The highest BCUT2D eigenvalue weighted by molar-refractivity contribution is 6.06. The number of nitrogen functional groups attached to an aromatic ring is 1. The molecule has 0 fully saturated rings. The molecule has 0 aliphatic rings. The number of nitrogens with zero attached hydrogens (tertiary/aromatic N) is 1. The van der Waals surface area contributed by atoms with Gasteiger partial charge in [0, 0.05) is 11.3 Å². The lowest BCUT2D eigenvalue weighted by Gasteiger charge is -2.10. The van der Waals surface area contributed by atoms with Crippen LogP contribution in [0.25, 0.3) is 0 Å². The van der Waals surface area contributed by atoms with Gasteiger partial charge in [-0.2, -0.15) is 5.26 Å². The van der Waals surface area contributed by atoms with Crippen molar-refractivity contribution in [2.75, 3.05) is 11.1 Å². The average Bonchev–Trinajstić information content (AvgIpc) is 2.42. The maximum Gasteiger partial charge on any atom is 0.256 e. The highest BCUT2D eigenvalue weighted by atomic mass is 19.1. The van der Waals surface area contributed by atoms with Crippen molar-refractivity contribution in [3.63, 3.8) is 0 Å². The summed E-state index contributed by atoms with van der Waals surface area (Å²) in [6.07, 6.45) is 0. The highest BCUT2D eigenvalue weighted by Crippen LogP contribution is 2.21. The Kier molecular flexibility index (Phi) is 3.67. The molecule has 0 saturated heterocycles. The number of rotatable bonds is 2. The average molecular weight is 269 g/mol. The minimum absolute atomic E-state index is 0.138. The number of hydrogen-bond donors (Lipinski definition) is 2. The van der Waals surface area contributed by atoms with Gasteiger partial charge in [-0.05, 0) is 36.8 Å². The molecule has 0 heterocycles. The Morgan fingerprint density at radius 2 is 2.00 bits per heavy atom. The molecule has 0 spiro atoms. The Balaban J connectivity index is 2.36. The summed E-state index contributed by atoms with van der Waals surface area (Å²) in [5.74, 6) is -1.11. The second kappa shape index (κ2) is 5.41. The molecule has 2 aromatic carbocycles. The van der Waals surface area contributed by atoms with Crippen molar-refractivity contribution in [1.29, 1.82) is 5.26 Å². The third-order valence-electron chi connectivity index (χ3n) is 2.99. The van der Waals surface area contributed by atoms with Gasteiger partial charge < -0.3 is 11.1 Å².